The Morgan fingerprint density at radius 3 is 2.96 bits per heavy atom. The van der Waals surface area contributed by atoms with Gasteiger partial charge >= 0.3 is 0 Å². The first-order chi connectivity index (χ1) is 11.7. The van der Waals surface area contributed by atoms with Gasteiger partial charge in [-0.15, -0.1) is 0 Å². The summed E-state index contributed by atoms with van der Waals surface area (Å²) < 4.78 is 5.81. The molecule has 4 aromatic rings. The summed E-state index contributed by atoms with van der Waals surface area (Å²) in [5.41, 5.74) is 4.22. The van der Waals surface area contributed by atoms with E-state index in [-0.39, 0.29) is 6.61 Å². The summed E-state index contributed by atoms with van der Waals surface area (Å²) in [4.78, 5) is 23.5. The predicted molar refractivity (Wildman–Crippen MR) is 87.6 cm³/mol. The fourth-order valence-corrected chi connectivity index (χ4v) is 2.63. The lowest BCUT2D eigenvalue weighted by Gasteiger charge is -2.05. The van der Waals surface area contributed by atoms with Gasteiger partial charge in [0.25, 0.3) is 0 Å². The highest BCUT2D eigenvalue weighted by Crippen LogP contribution is 2.23. The molecule has 0 atom stereocenters. The zero-order valence-corrected chi connectivity index (χ0v) is 13.1. The molecular weight excluding hydrogens is 308 g/mol. The maximum atomic E-state index is 9.15. The van der Waals surface area contributed by atoms with Gasteiger partial charge in [0.15, 0.2) is 11.6 Å². The second-order valence-electron chi connectivity index (χ2n) is 5.42. The first-order valence-corrected chi connectivity index (χ1v) is 7.62. The normalized spacial score (nSPS) is 11.4. The second kappa shape index (κ2) is 5.89. The number of fused-ring (bicyclic) bond motifs is 2. The third-order valence-electron chi connectivity index (χ3n) is 3.79. The summed E-state index contributed by atoms with van der Waals surface area (Å²) in [6, 6.07) is 1.93. The lowest BCUT2D eigenvalue weighted by molar-refractivity contribution is 0.271. The van der Waals surface area contributed by atoms with E-state index in [4.69, 9.17) is 9.84 Å². The van der Waals surface area contributed by atoms with Crippen LogP contribution in [-0.4, -0.2) is 41.6 Å². The summed E-state index contributed by atoms with van der Waals surface area (Å²) in [7, 11) is 0. The molecule has 0 amide bonds. The van der Waals surface area contributed by atoms with Crippen molar-refractivity contribution in [2.24, 2.45) is 0 Å². The van der Waals surface area contributed by atoms with Crippen LogP contribution in [0.15, 0.2) is 24.7 Å². The number of aromatic nitrogens is 6. The van der Waals surface area contributed by atoms with Crippen molar-refractivity contribution >= 4 is 22.1 Å². The number of ether oxygens (including phenoxy) is 1. The van der Waals surface area contributed by atoms with Gasteiger partial charge in [-0.2, -0.15) is 0 Å². The Kier molecular flexibility index (Phi) is 3.58. The van der Waals surface area contributed by atoms with Gasteiger partial charge in [0, 0.05) is 18.8 Å². The minimum Gasteiger partial charge on any atom is -0.489 e. The van der Waals surface area contributed by atoms with Crippen LogP contribution >= 0.6 is 0 Å². The molecule has 3 N–H and O–H groups in total. The minimum atomic E-state index is -0.204. The largest absolute Gasteiger partial charge is 0.489 e. The fraction of sp³-hybridized carbons (Fsp3) is 0.250. The lowest BCUT2D eigenvalue weighted by atomic mass is 10.3. The smallest absolute Gasteiger partial charge is 0.163 e. The van der Waals surface area contributed by atoms with Crippen molar-refractivity contribution in [1.82, 2.24) is 29.9 Å². The molecule has 4 aromatic heterocycles. The first-order valence-electron chi connectivity index (χ1n) is 7.62. The molecule has 0 unspecified atom stereocenters. The first kappa shape index (κ1) is 14.6. The molecule has 0 aliphatic heterocycles. The second-order valence-corrected chi connectivity index (χ2v) is 5.42. The summed E-state index contributed by atoms with van der Waals surface area (Å²) in [5.74, 6) is 1.73. The van der Waals surface area contributed by atoms with E-state index >= 15 is 0 Å². The van der Waals surface area contributed by atoms with Crippen LogP contribution in [0, 0.1) is 6.92 Å². The van der Waals surface area contributed by atoms with Gasteiger partial charge in [0.2, 0.25) is 0 Å². The third kappa shape index (κ3) is 2.56. The molecule has 122 valence electrons. The van der Waals surface area contributed by atoms with E-state index in [1.54, 1.807) is 12.4 Å². The van der Waals surface area contributed by atoms with Crippen LogP contribution < -0.4 is 4.74 Å². The minimum absolute atomic E-state index is 0.204. The van der Waals surface area contributed by atoms with Crippen LogP contribution in [0.1, 0.15) is 17.3 Å². The van der Waals surface area contributed by atoms with Crippen LogP contribution in [0.3, 0.4) is 0 Å². The number of hydrogen-bond donors (Lipinski definition) is 3. The highest BCUT2D eigenvalue weighted by molar-refractivity contribution is 5.81. The zero-order chi connectivity index (χ0) is 16.5. The molecule has 0 fully saturated rings. The molecule has 4 rings (SSSR count). The van der Waals surface area contributed by atoms with Gasteiger partial charge in [0.05, 0.1) is 35.0 Å². The Balaban J connectivity index is 1.50. The Labute approximate surface area is 137 Å². The molecule has 0 radical (unpaired) electrons. The number of aryl methyl sites for hydroxylation is 1. The number of aliphatic hydroxyl groups excluding tert-OH is 1. The van der Waals surface area contributed by atoms with E-state index in [1.165, 1.54) is 0 Å². The summed E-state index contributed by atoms with van der Waals surface area (Å²) in [6.07, 6.45) is 5.82. The topological polar surface area (TPSA) is 113 Å². The number of rotatable bonds is 5. The molecule has 0 saturated carbocycles. The SMILES string of the molecule is Cc1nc(CCOc2c[nH]c3cnc(CO)nc23)nc2cc[nH]c12. The molecule has 8 heteroatoms. The third-order valence-corrected chi connectivity index (χ3v) is 3.79. The number of H-pyrrole nitrogens is 2. The van der Waals surface area contributed by atoms with E-state index < -0.39 is 0 Å². The summed E-state index contributed by atoms with van der Waals surface area (Å²) in [5, 5.41) is 9.15. The average molecular weight is 324 g/mol. The van der Waals surface area contributed by atoms with Gasteiger partial charge in [-0.05, 0) is 13.0 Å². The molecule has 24 heavy (non-hydrogen) atoms. The van der Waals surface area contributed by atoms with Crippen LogP contribution in [0.25, 0.3) is 22.1 Å². The lowest BCUT2D eigenvalue weighted by Crippen LogP contribution is -2.06. The van der Waals surface area contributed by atoms with E-state index in [0.717, 1.165) is 28.1 Å². The van der Waals surface area contributed by atoms with Crippen molar-refractivity contribution < 1.29 is 9.84 Å². The van der Waals surface area contributed by atoms with Crippen LogP contribution in [-0.2, 0) is 13.0 Å². The number of nitrogens with one attached hydrogen (secondary N) is 2. The van der Waals surface area contributed by atoms with Gasteiger partial charge < -0.3 is 19.8 Å². The zero-order valence-electron chi connectivity index (χ0n) is 13.1. The van der Waals surface area contributed by atoms with Crippen LogP contribution in [0.4, 0.5) is 0 Å². The van der Waals surface area contributed by atoms with Crippen LogP contribution in [0.2, 0.25) is 0 Å². The van der Waals surface area contributed by atoms with E-state index in [9.17, 15) is 0 Å². The molecule has 0 aliphatic rings. The molecule has 8 nitrogen and oxygen atoms in total. The fourth-order valence-electron chi connectivity index (χ4n) is 2.63. The maximum Gasteiger partial charge on any atom is 0.163 e. The van der Waals surface area contributed by atoms with Crippen molar-refractivity contribution in [3.8, 4) is 5.75 Å². The predicted octanol–water partition coefficient (Wildman–Crippen LogP) is 1.65. The molecular formula is C16H16N6O2. The standard InChI is InChI=1S/C16H16N6O2/c1-9-15-10(2-4-17-15)21-13(20-9)3-5-24-12-7-18-11-6-19-14(8-23)22-16(11)12/h2,4,6-7,17-18,23H,3,5,8H2,1H3. The molecule has 0 aromatic carbocycles. The van der Waals surface area contributed by atoms with E-state index in [1.807, 2.05) is 19.2 Å². The maximum absolute atomic E-state index is 9.15. The molecule has 0 spiro atoms. The summed E-state index contributed by atoms with van der Waals surface area (Å²) >= 11 is 0. The van der Waals surface area contributed by atoms with E-state index in [2.05, 4.69) is 29.9 Å². The van der Waals surface area contributed by atoms with Crippen LogP contribution in [0.5, 0.6) is 5.75 Å². The van der Waals surface area contributed by atoms with Crippen molar-refractivity contribution in [2.75, 3.05) is 6.61 Å². The average Bonchev–Trinajstić information content (AvgIpc) is 3.22. The Morgan fingerprint density at radius 1 is 1.17 bits per heavy atom. The Morgan fingerprint density at radius 2 is 2.08 bits per heavy atom. The number of nitrogens with zero attached hydrogens (tertiary/aromatic N) is 4. The van der Waals surface area contributed by atoms with Crippen molar-refractivity contribution in [3.05, 3.63) is 42.0 Å². The Hall–Kier alpha value is -3.00. The monoisotopic (exact) mass is 324 g/mol. The molecule has 0 bridgehead atoms. The number of aliphatic hydroxyl groups is 1. The highest BCUT2D eigenvalue weighted by Gasteiger charge is 2.10. The van der Waals surface area contributed by atoms with Crippen molar-refractivity contribution in [3.63, 3.8) is 0 Å². The number of hydrogen-bond acceptors (Lipinski definition) is 6. The molecule has 0 aliphatic carbocycles. The highest BCUT2D eigenvalue weighted by atomic mass is 16.5. The van der Waals surface area contributed by atoms with Crippen molar-refractivity contribution in [2.45, 2.75) is 20.0 Å². The van der Waals surface area contributed by atoms with Gasteiger partial charge in [0.1, 0.15) is 17.9 Å². The van der Waals surface area contributed by atoms with Gasteiger partial charge in [-0.1, -0.05) is 0 Å². The Bertz CT molecular complexity index is 1010. The molecule has 4 heterocycles. The molecule has 0 saturated heterocycles. The number of aromatic amines is 2. The van der Waals surface area contributed by atoms with E-state index in [0.29, 0.717) is 30.1 Å². The summed E-state index contributed by atoms with van der Waals surface area (Å²) in [6.45, 7) is 2.18. The van der Waals surface area contributed by atoms with Gasteiger partial charge in [-0.25, -0.2) is 19.9 Å². The van der Waals surface area contributed by atoms with Gasteiger partial charge in [-0.3, -0.25) is 0 Å². The van der Waals surface area contributed by atoms with Crippen molar-refractivity contribution in [1.29, 1.82) is 0 Å². The quantitative estimate of drug-likeness (QED) is 0.514.